The van der Waals surface area contributed by atoms with Crippen molar-refractivity contribution in [2.45, 2.75) is 50.3 Å². The van der Waals surface area contributed by atoms with Crippen LogP contribution < -0.4 is 0 Å². The van der Waals surface area contributed by atoms with E-state index in [1.54, 1.807) is 13.8 Å². The fourth-order valence-corrected chi connectivity index (χ4v) is 1.64. The van der Waals surface area contributed by atoms with Gasteiger partial charge in [-0.3, -0.25) is 0 Å². The third kappa shape index (κ3) is 1.72. The summed E-state index contributed by atoms with van der Waals surface area (Å²) in [5, 5.41) is 19.4. The molecule has 0 spiro atoms. The van der Waals surface area contributed by atoms with Crippen LogP contribution in [0.15, 0.2) is 0 Å². The minimum Gasteiger partial charge on any atom is -0.387 e. The fraction of sp³-hybridized carbons (Fsp3) is 1.00. The monoisotopic (exact) mass is 188 g/mol. The van der Waals surface area contributed by atoms with Gasteiger partial charge in [-0.2, -0.15) is 0 Å². The molecular formula is C9H16O4. The molecule has 76 valence electrons. The predicted octanol–water partition coefficient (Wildman–Crippen LogP) is 0.0237. The summed E-state index contributed by atoms with van der Waals surface area (Å²) in [6, 6.07) is 0. The molecule has 0 aromatic heterocycles. The van der Waals surface area contributed by atoms with Gasteiger partial charge in [-0.1, -0.05) is 0 Å². The molecule has 0 aromatic carbocycles. The molecule has 2 N–H and O–H groups in total. The van der Waals surface area contributed by atoms with E-state index in [0.717, 1.165) is 0 Å². The number of hydrogen-bond acceptors (Lipinski definition) is 4. The van der Waals surface area contributed by atoms with E-state index in [2.05, 4.69) is 0 Å². The van der Waals surface area contributed by atoms with E-state index in [0.29, 0.717) is 19.4 Å². The Morgan fingerprint density at radius 3 is 2.38 bits per heavy atom. The maximum atomic E-state index is 9.73. The first-order valence-corrected chi connectivity index (χ1v) is 4.65. The number of rotatable bonds is 2. The molecule has 1 heterocycles. The van der Waals surface area contributed by atoms with Crippen LogP contribution in [0, 0.1) is 0 Å². The Bertz CT molecular complexity index is 210. The van der Waals surface area contributed by atoms with Crippen molar-refractivity contribution < 1.29 is 19.7 Å². The molecule has 1 aliphatic heterocycles. The summed E-state index contributed by atoms with van der Waals surface area (Å²) in [6.45, 7) is 3.96. The van der Waals surface area contributed by atoms with Crippen molar-refractivity contribution in [3.05, 3.63) is 0 Å². The zero-order valence-corrected chi connectivity index (χ0v) is 7.99. The average molecular weight is 188 g/mol. The summed E-state index contributed by atoms with van der Waals surface area (Å²) in [7, 11) is 0. The molecule has 1 aliphatic carbocycles. The lowest BCUT2D eigenvalue weighted by Gasteiger charge is -2.23. The Kier molecular flexibility index (Phi) is 1.93. The fourth-order valence-electron chi connectivity index (χ4n) is 1.64. The van der Waals surface area contributed by atoms with Crippen molar-refractivity contribution in [3.8, 4) is 0 Å². The molecule has 4 nitrogen and oxygen atoms in total. The molecule has 4 heteroatoms. The maximum absolute atomic E-state index is 9.73. The Morgan fingerprint density at radius 2 is 2.00 bits per heavy atom. The maximum Gasteiger partial charge on any atom is 0.163 e. The first-order valence-electron chi connectivity index (χ1n) is 4.65. The van der Waals surface area contributed by atoms with Crippen LogP contribution in [0.25, 0.3) is 0 Å². The molecule has 0 bridgehead atoms. The molecule has 1 saturated carbocycles. The van der Waals surface area contributed by atoms with Crippen molar-refractivity contribution >= 4 is 0 Å². The van der Waals surface area contributed by atoms with Crippen LogP contribution >= 0.6 is 0 Å². The molecule has 2 aliphatic rings. The van der Waals surface area contributed by atoms with Gasteiger partial charge >= 0.3 is 0 Å². The second-order valence-electron chi connectivity index (χ2n) is 4.42. The predicted molar refractivity (Wildman–Crippen MR) is 45.1 cm³/mol. The van der Waals surface area contributed by atoms with E-state index in [-0.39, 0.29) is 6.10 Å². The zero-order chi connectivity index (χ0) is 9.69. The quantitative estimate of drug-likeness (QED) is 0.641. The van der Waals surface area contributed by atoms with Crippen LogP contribution in [-0.4, -0.2) is 40.4 Å². The molecule has 2 fully saturated rings. The first-order chi connectivity index (χ1) is 5.93. The van der Waals surface area contributed by atoms with Crippen LogP contribution in [-0.2, 0) is 9.47 Å². The molecular weight excluding hydrogens is 172 g/mol. The minimum absolute atomic E-state index is 0.358. The summed E-state index contributed by atoms with van der Waals surface area (Å²) in [6.07, 6.45) is 0.125. The Labute approximate surface area is 77.5 Å². The molecule has 0 amide bonds. The van der Waals surface area contributed by atoms with Crippen LogP contribution in [0.3, 0.4) is 0 Å². The summed E-state index contributed by atoms with van der Waals surface area (Å²) in [5.41, 5.74) is -0.908. The van der Waals surface area contributed by atoms with Gasteiger partial charge < -0.3 is 19.7 Å². The Balaban J connectivity index is 1.96. The zero-order valence-electron chi connectivity index (χ0n) is 7.99. The van der Waals surface area contributed by atoms with E-state index >= 15 is 0 Å². The molecule has 0 radical (unpaired) electrons. The van der Waals surface area contributed by atoms with Gasteiger partial charge in [0.1, 0.15) is 12.2 Å². The summed E-state index contributed by atoms with van der Waals surface area (Å²) in [5.74, 6) is -0.628. The molecule has 1 saturated heterocycles. The highest BCUT2D eigenvalue weighted by Crippen LogP contribution is 2.42. The average Bonchev–Trinajstić information content (AvgIpc) is 2.67. The highest BCUT2D eigenvalue weighted by atomic mass is 16.7. The van der Waals surface area contributed by atoms with Crippen molar-refractivity contribution in [3.63, 3.8) is 0 Å². The third-order valence-electron chi connectivity index (χ3n) is 2.70. The van der Waals surface area contributed by atoms with Crippen LogP contribution in [0.2, 0.25) is 0 Å². The second-order valence-corrected chi connectivity index (χ2v) is 4.42. The van der Waals surface area contributed by atoms with Crippen molar-refractivity contribution in [2.75, 3.05) is 6.61 Å². The number of hydrogen-bond donors (Lipinski definition) is 2. The van der Waals surface area contributed by atoms with E-state index in [1.165, 1.54) is 0 Å². The lowest BCUT2D eigenvalue weighted by molar-refractivity contribution is -0.163. The summed E-state index contributed by atoms with van der Waals surface area (Å²) in [4.78, 5) is 0. The molecule has 0 unspecified atom stereocenters. The lowest BCUT2D eigenvalue weighted by Crippen LogP contribution is -2.41. The standard InChI is InChI=1S/C9H16O4/c1-8(2)12-5-6(13-8)7(10)9(11)3-4-9/h6-7,10-11H,3-5H2,1-2H3/t6-,7+/m0/s1. The Hall–Kier alpha value is -0.160. The van der Waals surface area contributed by atoms with E-state index < -0.39 is 17.5 Å². The third-order valence-corrected chi connectivity index (χ3v) is 2.70. The largest absolute Gasteiger partial charge is 0.387 e. The van der Waals surface area contributed by atoms with Gasteiger partial charge in [0, 0.05) is 0 Å². The normalized spacial score (nSPS) is 37.4. The number of aliphatic hydroxyl groups excluding tert-OH is 1. The second kappa shape index (κ2) is 2.67. The number of ether oxygens (including phenoxy) is 2. The van der Waals surface area contributed by atoms with Gasteiger partial charge in [-0.15, -0.1) is 0 Å². The topological polar surface area (TPSA) is 58.9 Å². The van der Waals surface area contributed by atoms with Crippen LogP contribution in [0.1, 0.15) is 26.7 Å². The van der Waals surface area contributed by atoms with Crippen LogP contribution in [0.5, 0.6) is 0 Å². The van der Waals surface area contributed by atoms with E-state index in [9.17, 15) is 10.2 Å². The number of aliphatic hydroxyl groups is 2. The summed E-state index contributed by atoms with van der Waals surface area (Å²) < 4.78 is 10.7. The van der Waals surface area contributed by atoms with E-state index in [1.807, 2.05) is 0 Å². The molecule has 2 atom stereocenters. The van der Waals surface area contributed by atoms with Gasteiger partial charge in [0.2, 0.25) is 0 Å². The highest BCUT2D eigenvalue weighted by Gasteiger charge is 2.53. The minimum atomic E-state index is -0.908. The smallest absolute Gasteiger partial charge is 0.163 e. The lowest BCUT2D eigenvalue weighted by atomic mass is 10.1. The van der Waals surface area contributed by atoms with Gasteiger partial charge in [0.25, 0.3) is 0 Å². The SMILES string of the molecule is CC1(C)OC[C@@H]([C@@H](O)C2(O)CC2)O1. The van der Waals surface area contributed by atoms with Crippen molar-refractivity contribution in [1.82, 2.24) is 0 Å². The van der Waals surface area contributed by atoms with Gasteiger partial charge in [0.15, 0.2) is 5.79 Å². The Morgan fingerprint density at radius 1 is 1.38 bits per heavy atom. The first kappa shape index (κ1) is 9.40. The van der Waals surface area contributed by atoms with Gasteiger partial charge in [0.05, 0.1) is 12.2 Å². The van der Waals surface area contributed by atoms with Gasteiger partial charge in [-0.05, 0) is 26.7 Å². The molecule has 0 aromatic rings. The van der Waals surface area contributed by atoms with Crippen molar-refractivity contribution in [1.29, 1.82) is 0 Å². The van der Waals surface area contributed by atoms with Gasteiger partial charge in [-0.25, -0.2) is 0 Å². The molecule has 2 rings (SSSR count). The molecule has 13 heavy (non-hydrogen) atoms. The highest BCUT2D eigenvalue weighted by molar-refractivity contribution is 5.03. The summed E-state index contributed by atoms with van der Waals surface area (Å²) >= 11 is 0. The van der Waals surface area contributed by atoms with Crippen molar-refractivity contribution in [2.24, 2.45) is 0 Å². The van der Waals surface area contributed by atoms with E-state index in [4.69, 9.17) is 9.47 Å². The van der Waals surface area contributed by atoms with Crippen LogP contribution in [0.4, 0.5) is 0 Å².